The van der Waals surface area contributed by atoms with E-state index in [0.29, 0.717) is 25.7 Å². The number of hydrogen-bond acceptors (Lipinski definition) is 7. The number of carbonyl (C=O) groups is 4. The van der Waals surface area contributed by atoms with Crippen LogP contribution in [0.5, 0.6) is 0 Å². The maximum absolute atomic E-state index is 12.9. The van der Waals surface area contributed by atoms with Gasteiger partial charge in [-0.25, -0.2) is 0 Å². The Morgan fingerprint density at radius 3 is 2.16 bits per heavy atom. The summed E-state index contributed by atoms with van der Waals surface area (Å²) in [5.74, 6) is -4.26. The summed E-state index contributed by atoms with van der Waals surface area (Å²) in [6.07, 6.45) is 2.32. The Kier molecular flexibility index (Phi) is 6.56. The minimum absolute atomic E-state index is 0.179. The SMILES string of the molecule is CCOC(=O)C1CC2CC(C1=O)C(C(=O)OC)CCCC2C(=O)OC. The van der Waals surface area contributed by atoms with Crippen molar-refractivity contribution in [2.24, 2.45) is 29.6 Å². The van der Waals surface area contributed by atoms with Gasteiger partial charge in [0, 0.05) is 5.92 Å². The predicted octanol–water partition coefficient (Wildman–Crippen LogP) is 1.52. The van der Waals surface area contributed by atoms with Crippen LogP contribution in [0.15, 0.2) is 0 Å². The van der Waals surface area contributed by atoms with E-state index in [0.717, 1.165) is 0 Å². The molecule has 2 aliphatic carbocycles. The molecule has 2 bridgehead atoms. The first-order valence-electron chi connectivity index (χ1n) is 8.80. The van der Waals surface area contributed by atoms with E-state index in [2.05, 4.69) is 0 Å². The molecule has 0 aromatic carbocycles. The van der Waals surface area contributed by atoms with Gasteiger partial charge >= 0.3 is 17.9 Å². The molecule has 25 heavy (non-hydrogen) atoms. The highest BCUT2D eigenvalue weighted by Gasteiger charge is 2.50. The molecule has 0 radical (unpaired) electrons. The fourth-order valence-corrected chi connectivity index (χ4v) is 4.25. The number of fused-ring (bicyclic) bond motifs is 2. The van der Waals surface area contributed by atoms with Crippen molar-refractivity contribution in [3.05, 3.63) is 0 Å². The Labute approximate surface area is 147 Å². The summed E-state index contributed by atoms with van der Waals surface area (Å²) in [6.45, 7) is 1.86. The van der Waals surface area contributed by atoms with Gasteiger partial charge in [-0.1, -0.05) is 6.42 Å². The highest BCUT2D eigenvalue weighted by molar-refractivity contribution is 6.02. The normalized spacial score (nSPS) is 32.1. The van der Waals surface area contributed by atoms with Crippen molar-refractivity contribution in [3.63, 3.8) is 0 Å². The molecule has 2 aliphatic rings. The second-order valence-electron chi connectivity index (χ2n) is 6.74. The van der Waals surface area contributed by atoms with Gasteiger partial charge in [-0.05, 0) is 38.5 Å². The third-order valence-electron chi connectivity index (χ3n) is 5.47. The molecule has 2 saturated carbocycles. The number of ketones is 1. The van der Waals surface area contributed by atoms with Crippen molar-refractivity contribution in [1.82, 2.24) is 0 Å². The Balaban J connectivity index is 2.35. The highest BCUT2D eigenvalue weighted by Crippen LogP contribution is 2.44. The average molecular weight is 354 g/mol. The average Bonchev–Trinajstić information content (AvgIpc) is 2.60. The van der Waals surface area contributed by atoms with Gasteiger partial charge in [-0.3, -0.25) is 19.2 Å². The molecule has 140 valence electrons. The second-order valence-corrected chi connectivity index (χ2v) is 6.74. The number of rotatable bonds is 4. The van der Waals surface area contributed by atoms with Crippen LogP contribution in [0.1, 0.15) is 39.0 Å². The Morgan fingerprint density at radius 2 is 1.56 bits per heavy atom. The molecule has 5 atom stereocenters. The van der Waals surface area contributed by atoms with E-state index in [1.54, 1.807) is 6.92 Å². The minimum atomic E-state index is -0.930. The van der Waals surface area contributed by atoms with Gasteiger partial charge in [0.2, 0.25) is 0 Å². The first-order valence-corrected chi connectivity index (χ1v) is 8.80. The molecular formula is C18H26O7. The molecule has 2 fully saturated rings. The molecule has 7 nitrogen and oxygen atoms in total. The summed E-state index contributed by atoms with van der Waals surface area (Å²) in [5.41, 5.74) is 0. The number of carbonyl (C=O) groups excluding carboxylic acids is 4. The van der Waals surface area contributed by atoms with Crippen LogP contribution in [-0.2, 0) is 33.4 Å². The van der Waals surface area contributed by atoms with Gasteiger partial charge in [0.15, 0.2) is 5.78 Å². The topological polar surface area (TPSA) is 96.0 Å². The van der Waals surface area contributed by atoms with Crippen LogP contribution in [-0.4, -0.2) is 44.5 Å². The second kappa shape index (κ2) is 8.45. The molecule has 0 heterocycles. The molecule has 0 aromatic rings. The molecule has 0 aromatic heterocycles. The van der Waals surface area contributed by atoms with Gasteiger partial charge in [0.05, 0.1) is 32.7 Å². The van der Waals surface area contributed by atoms with E-state index in [4.69, 9.17) is 14.2 Å². The fourth-order valence-electron chi connectivity index (χ4n) is 4.25. The summed E-state index contributed by atoms with van der Waals surface area (Å²) in [4.78, 5) is 49.5. The molecule has 0 saturated heterocycles. The summed E-state index contributed by atoms with van der Waals surface area (Å²) in [5, 5.41) is 0. The predicted molar refractivity (Wildman–Crippen MR) is 86.2 cm³/mol. The van der Waals surface area contributed by atoms with Crippen molar-refractivity contribution in [3.8, 4) is 0 Å². The Bertz CT molecular complexity index is 542. The molecule has 0 N–H and O–H groups in total. The first-order chi connectivity index (χ1) is 11.9. The van der Waals surface area contributed by atoms with Crippen molar-refractivity contribution in [2.75, 3.05) is 20.8 Å². The highest BCUT2D eigenvalue weighted by atomic mass is 16.5. The third kappa shape index (κ3) is 4.02. The van der Waals surface area contributed by atoms with Crippen LogP contribution in [0, 0.1) is 29.6 Å². The third-order valence-corrected chi connectivity index (χ3v) is 5.47. The molecule has 7 heteroatoms. The van der Waals surface area contributed by atoms with Gasteiger partial charge < -0.3 is 14.2 Å². The van der Waals surface area contributed by atoms with E-state index in [9.17, 15) is 19.2 Å². The van der Waals surface area contributed by atoms with Crippen molar-refractivity contribution < 1.29 is 33.4 Å². The van der Waals surface area contributed by atoms with E-state index < -0.39 is 29.7 Å². The fraction of sp³-hybridized carbons (Fsp3) is 0.778. The van der Waals surface area contributed by atoms with Crippen LogP contribution in [0.2, 0.25) is 0 Å². The molecule has 0 amide bonds. The van der Waals surface area contributed by atoms with Crippen molar-refractivity contribution in [2.45, 2.75) is 39.0 Å². The standard InChI is InChI=1S/C18H26O7/c1-4-25-18(22)14-9-10-8-13(15(14)19)12(17(21)24-3)7-5-6-11(10)16(20)23-2/h10-14H,4-9H2,1-3H3. The van der Waals surface area contributed by atoms with Crippen molar-refractivity contribution >= 4 is 23.7 Å². The van der Waals surface area contributed by atoms with Crippen molar-refractivity contribution in [1.29, 1.82) is 0 Å². The van der Waals surface area contributed by atoms with Gasteiger partial charge in [0.1, 0.15) is 5.92 Å². The quantitative estimate of drug-likeness (QED) is 0.429. The van der Waals surface area contributed by atoms with Crippen LogP contribution < -0.4 is 0 Å². The molecule has 0 spiro atoms. The van der Waals surface area contributed by atoms with E-state index >= 15 is 0 Å². The van der Waals surface area contributed by atoms with Gasteiger partial charge in [-0.15, -0.1) is 0 Å². The number of esters is 3. The Hall–Kier alpha value is -1.92. The number of Topliss-reactive ketones (excluding diaryl/α,β-unsaturated/α-hetero) is 1. The summed E-state index contributed by atoms with van der Waals surface area (Å²) in [7, 11) is 2.64. The summed E-state index contributed by atoms with van der Waals surface area (Å²) in [6, 6.07) is 0. The smallest absolute Gasteiger partial charge is 0.316 e. The summed E-state index contributed by atoms with van der Waals surface area (Å²) < 4.78 is 14.8. The lowest BCUT2D eigenvalue weighted by Crippen LogP contribution is -2.47. The summed E-state index contributed by atoms with van der Waals surface area (Å²) >= 11 is 0. The number of ether oxygens (including phenoxy) is 3. The van der Waals surface area contributed by atoms with Gasteiger partial charge in [0.25, 0.3) is 0 Å². The van der Waals surface area contributed by atoms with Crippen LogP contribution in [0.3, 0.4) is 0 Å². The largest absolute Gasteiger partial charge is 0.469 e. The zero-order valence-electron chi connectivity index (χ0n) is 15.0. The Morgan fingerprint density at radius 1 is 0.960 bits per heavy atom. The van der Waals surface area contributed by atoms with Crippen LogP contribution >= 0.6 is 0 Å². The molecule has 0 aliphatic heterocycles. The maximum atomic E-state index is 12.9. The molecular weight excluding hydrogens is 328 g/mol. The van der Waals surface area contributed by atoms with E-state index in [1.807, 2.05) is 0 Å². The zero-order chi connectivity index (χ0) is 18.6. The zero-order valence-corrected chi connectivity index (χ0v) is 15.0. The van der Waals surface area contributed by atoms with E-state index in [1.165, 1.54) is 14.2 Å². The van der Waals surface area contributed by atoms with Gasteiger partial charge in [-0.2, -0.15) is 0 Å². The van der Waals surface area contributed by atoms with Crippen LogP contribution in [0.4, 0.5) is 0 Å². The minimum Gasteiger partial charge on any atom is -0.469 e. The lowest BCUT2D eigenvalue weighted by Gasteiger charge is -2.40. The lowest BCUT2D eigenvalue weighted by atomic mass is 9.62. The molecule has 5 unspecified atom stereocenters. The lowest BCUT2D eigenvalue weighted by molar-refractivity contribution is -0.164. The van der Waals surface area contributed by atoms with E-state index in [-0.39, 0.29) is 36.6 Å². The van der Waals surface area contributed by atoms with Crippen LogP contribution in [0.25, 0.3) is 0 Å². The monoisotopic (exact) mass is 354 g/mol. The molecule has 2 rings (SSSR count). The first kappa shape index (κ1) is 19.4. The maximum Gasteiger partial charge on any atom is 0.316 e. The number of hydrogen-bond donors (Lipinski definition) is 0. The number of methoxy groups -OCH3 is 2.